The second kappa shape index (κ2) is 5.63. The molecule has 1 N–H and O–H groups in total. The summed E-state index contributed by atoms with van der Waals surface area (Å²) in [5.74, 6) is 0.821. The molecule has 2 rings (SSSR count). The van der Waals surface area contributed by atoms with Gasteiger partial charge in [-0.15, -0.1) is 0 Å². The van der Waals surface area contributed by atoms with Crippen LogP contribution >= 0.6 is 0 Å². The summed E-state index contributed by atoms with van der Waals surface area (Å²) in [6, 6.07) is 0.0384. The molecular weight excluding hydrogens is 216 g/mol. The van der Waals surface area contributed by atoms with Gasteiger partial charge in [0.1, 0.15) is 5.78 Å². The zero-order valence-corrected chi connectivity index (χ0v) is 10.6. The van der Waals surface area contributed by atoms with Gasteiger partial charge in [0.15, 0.2) is 0 Å². The van der Waals surface area contributed by atoms with E-state index in [1.54, 1.807) is 7.05 Å². The van der Waals surface area contributed by atoms with E-state index in [1.807, 2.05) is 0 Å². The Bertz CT molecular complexity index is 304. The monoisotopic (exact) mass is 238 g/mol. The van der Waals surface area contributed by atoms with E-state index >= 15 is 0 Å². The third kappa shape index (κ3) is 2.86. The average Bonchev–Trinajstić information content (AvgIpc) is 2.94. The molecule has 2 unspecified atom stereocenters. The lowest BCUT2D eigenvalue weighted by Gasteiger charge is -2.24. The van der Waals surface area contributed by atoms with E-state index in [0.717, 1.165) is 51.6 Å². The molecule has 0 aromatic carbocycles. The quantitative estimate of drug-likeness (QED) is 0.793. The number of hydrogen-bond donors (Lipinski definition) is 1. The number of ketones is 1. The van der Waals surface area contributed by atoms with Crippen LogP contribution in [0.2, 0.25) is 0 Å². The van der Waals surface area contributed by atoms with Crippen molar-refractivity contribution in [3.63, 3.8) is 0 Å². The molecule has 0 radical (unpaired) electrons. The number of nitrogens with one attached hydrogen (secondary N) is 1. The minimum atomic E-state index is 0.0384. The van der Waals surface area contributed by atoms with E-state index < -0.39 is 0 Å². The van der Waals surface area contributed by atoms with E-state index in [-0.39, 0.29) is 17.9 Å². The van der Waals surface area contributed by atoms with Gasteiger partial charge in [-0.1, -0.05) is 0 Å². The molecule has 1 aliphatic heterocycles. The zero-order chi connectivity index (χ0) is 12.3. The maximum Gasteiger partial charge on any atom is 0.237 e. The topological polar surface area (TPSA) is 49.4 Å². The van der Waals surface area contributed by atoms with Crippen LogP contribution in [0, 0.1) is 5.92 Å². The van der Waals surface area contributed by atoms with Gasteiger partial charge in [-0.3, -0.25) is 14.5 Å². The van der Waals surface area contributed by atoms with Crippen molar-refractivity contribution in [2.24, 2.45) is 5.92 Å². The fourth-order valence-corrected chi connectivity index (χ4v) is 3.07. The van der Waals surface area contributed by atoms with Crippen molar-refractivity contribution in [3.8, 4) is 0 Å². The van der Waals surface area contributed by atoms with Crippen LogP contribution in [0.1, 0.15) is 38.5 Å². The highest BCUT2D eigenvalue weighted by Gasteiger charge is 2.31. The Hall–Kier alpha value is -0.900. The third-order valence-electron chi connectivity index (χ3n) is 4.11. The van der Waals surface area contributed by atoms with Crippen molar-refractivity contribution in [3.05, 3.63) is 0 Å². The molecule has 0 spiro atoms. The normalized spacial score (nSPS) is 29.8. The third-order valence-corrected chi connectivity index (χ3v) is 4.11. The Morgan fingerprint density at radius 1 is 1.41 bits per heavy atom. The summed E-state index contributed by atoms with van der Waals surface area (Å²) in [6.07, 6.45) is 5.87. The van der Waals surface area contributed by atoms with Crippen LogP contribution in [0.15, 0.2) is 0 Å². The van der Waals surface area contributed by atoms with Gasteiger partial charge in [0, 0.05) is 19.4 Å². The van der Waals surface area contributed by atoms with Gasteiger partial charge in [-0.2, -0.15) is 0 Å². The highest BCUT2D eigenvalue weighted by molar-refractivity contribution is 5.83. The molecule has 4 nitrogen and oxygen atoms in total. The van der Waals surface area contributed by atoms with Gasteiger partial charge >= 0.3 is 0 Å². The maximum absolute atomic E-state index is 11.7. The van der Waals surface area contributed by atoms with E-state index in [2.05, 4.69) is 10.2 Å². The molecule has 0 aromatic heterocycles. The lowest BCUT2D eigenvalue weighted by molar-refractivity contribution is -0.125. The second-order valence-electron chi connectivity index (χ2n) is 5.15. The minimum absolute atomic E-state index is 0.0384. The molecule has 96 valence electrons. The van der Waals surface area contributed by atoms with Crippen LogP contribution in [-0.2, 0) is 9.59 Å². The highest BCUT2D eigenvalue weighted by Crippen LogP contribution is 2.26. The Labute approximate surface area is 103 Å². The van der Waals surface area contributed by atoms with Crippen molar-refractivity contribution >= 4 is 11.7 Å². The lowest BCUT2D eigenvalue weighted by atomic mass is 10.0. The van der Waals surface area contributed by atoms with Crippen molar-refractivity contribution < 1.29 is 9.59 Å². The van der Waals surface area contributed by atoms with Crippen LogP contribution in [0.25, 0.3) is 0 Å². The van der Waals surface area contributed by atoms with Gasteiger partial charge in [0.05, 0.1) is 6.04 Å². The number of nitrogens with zero attached hydrogens (tertiary/aromatic N) is 1. The van der Waals surface area contributed by atoms with E-state index in [9.17, 15) is 9.59 Å². The molecule has 2 atom stereocenters. The predicted molar refractivity (Wildman–Crippen MR) is 65.6 cm³/mol. The first-order valence-electron chi connectivity index (χ1n) is 6.70. The summed E-state index contributed by atoms with van der Waals surface area (Å²) in [5.41, 5.74) is 0. The average molecular weight is 238 g/mol. The molecule has 1 saturated heterocycles. The van der Waals surface area contributed by atoms with Crippen LogP contribution < -0.4 is 5.32 Å². The molecule has 2 aliphatic rings. The number of likely N-dealkylation sites (tertiary alicyclic amines) is 1. The van der Waals surface area contributed by atoms with Crippen molar-refractivity contribution in [1.82, 2.24) is 10.2 Å². The summed E-state index contributed by atoms with van der Waals surface area (Å²) >= 11 is 0. The number of carbonyl (C=O) groups is 2. The number of likely N-dealkylation sites (N-methyl/N-ethyl adjacent to an activating group) is 1. The predicted octanol–water partition coefficient (Wildman–Crippen LogP) is 0.956. The zero-order valence-electron chi connectivity index (χ0n) is 10.6. The van der Waals surface area contributed by atoms with E-state index in [4.69, 9.17) is 0 Å². The molecule has 0 bridgehead atoms. The summed E-state index contributed by atoms with van der Waals surface area (Å²) < 4.78 is 0. The summed E-state index contributed by atoms with van der Waals surface area (Å²) in [5, 5.41) is 2.73. The fraction of sp³-hybridized carbons (Fsp3) is 0.846. The fourth-order valence-electron chi connectivity index (χ4n) is 3.07. The van der Waals surface area contributed by atoms with Crippen LogP contribution in [-0.4, -0.2) is 42.8 Å². The molecule has 4 heteroatoms. The first kappa shape index (κ1) is 12.6. The molecular formula is C13H22N2O2. The summed E-state index contributed by atoms with van der Waals surface area (Å²) in [4.78, 5) is 25.5. The van der Waals surface area contributed by atoms with Gasteiger partial charge in [-0.05, 0) is 45.2 Å². The smallest absolute Gasteiger partial charge is 0.237 e. The van der Waals surface area contributed by atoms with E-state index in [0.29, 0.717) is 5.78 Å². The van der Waals surface area contributed by atoms with Crippen molar-refractivity contribution in [2.75, 3.05) is 20.1 Å². The first-order valence-corrected chi connectivity index (χ1v) is 6.70. The van der Waals surface area contributed by atoms with Crippen LogP contribution in [0.5, 0.6) is 0 Å². The molecule has 1 aliphatic carbocycles. The second-order valence-corrected chi connectivity index (χ2v) is 5.15. The molecule has 1 amide bonds. The largest absolute Gasteiger partial charge is 0.358 e. The van der Waals surface area contributed by atoms with Crippen molar-refractivity contribution in [1.29, 1.82) is 0 Å². The van der Waals surface area contributed by atoms with Crippen molar-refractivity contribution in [2.45, 2.75) is 44.6 Å². The Kier molecular flexibility index (Phi) is 4.15. The number of hydrogen-bond acceptors (Lipinski definition) is 3. The number of rotatable bonds is 4. The van der Waals surface area contributed by atoms with Gasteiger partial charge in [0.2, 0.25) is 5.91 Å². The van der Waals surface area contributed by atoms with Gasteiger partial charge < -0.3 is 5.32 Å². The molecule has 1 saturated carbocycles. The Balaban J connectivity index is 1.81. The molecule has 17 heavy (non-hydrogen) atoms. The van der Waals surface area contributed by atoms with Crippen LogP contribution in [0.4, 0.5) is 0 Å². The summed E-state index contributed by atoms with van der Waals surface area (Å²) in [7, 11) is 1.69. The number of amides is 1. The standard InChI is InChI=1S/C13H22N2O2/c1-14-13(17)11-5-3-8-15(11)9-7-10-4-2-6-12(10)16/h10-11H,2-9H2,1H3,(H,14,17). The van der Waals surface area contributed by atoms with Gasteiger partial charge in [-0.25, -0.2) is 0 Å². The maximum atomic E-state index is 11.7. The van der Waals surface area contributed by atoms with Crippen LogP contribution in [0.3, 0.4) is 0 Å². The Morgan fingerprint density at radius 2 is 2.24 bits per heavy atom. The number of carbonyl (C=O) groups excluding carboxylic acids is 2. The lowest BCUT2D eigenvalue weighted by Crippen LogP contribution is -2.42. The highest BCUT2D eigenvalue weighted by atomic mass is 16.2. The number of Topliss-reactive ketones (excluding diaryl/α,β-unsaturated/α-hetero) is 1. The SMILES string of the molecule is CNC(=O)C1CCCN1CCC1CCCC1=O. The van der Waals surface area contributed by atoms with E-state index in [1.165, 1.54) is 0 Å². The summed E-state index contributed by atoms with van der Waals surface area (Å²) in [6.45, 7) is 1.90. The minimum Gasteiger partial charge on any atom is -0.358 e. The molecule has 1 heterocycles. The van der Waals surface area contributed by atoms with Gasteiger partial charge in [0.25, 0.3) is 0 Å². The Morgan fingerprint density at radius 3 is 2.88 bits per heavy atom. The molecule has 0 aromatic rings. The first-order chi connectivity index (χ1) is 8.22. The molecule has 2 fully saturated rings.